The maximum absolute atomic E-state index is 7.19. The molecule has 1 atom stereocenters. The molecule has 0 aliphatic carbocycles. The van der Waals surface area contributed by atoms with Crippen molar-refractivity contribution >= 4 is 0 Å². The first-order chi connectivity index (χ1) is 5.20. The summed E-state index contributed by atoms with van der Waals surface area (Å²) in [5, 5.41) is 7.19. The quantitative estimate of drug-likeness (QED) is 0.467. The fraction of sp³-hybridized carbons (Fsp3) is 0.333. The van der Waals surface area contributed by atoms with Gasteiger partial charge in [0.25, 0.3) is 0 Å². The van der Waals surface area contributed by atoms with Crippen LogP contribution in [-0.4, -0.2) is 11.4 Å². The van der Waals surface area contributed by atoms with E-state index >= 15 is 0 Å². The third-order valence-electron chi connectivity index (χ3n) is 1.40. The van der Waals surface area contributed by atoms with E-state index in [9.17, 15) is 0 Å². The van der Waals surface area contributed by atoms with Gasteiger partial charge in [-0.2, -0.15) is 0 Å². The van der Waals surface area contributed by atoms with Crippen molar-refractivity contribution in [3.63, 3.8) is 0 Å². The van der Waals surface area contributed by atoms with E-state index in [0.717, 1.165) is 11.3 Å². The second-order valence-corrected chi connectivity index (χ2v) is 2.53. The maximum atomic E-state index is 7.19. The van der Waals surface area contributed by atoms with Gasteiger partial charge in [0.1, 0.15) is 5.75 Å². The van der Waals surface area contributed by atoms with Crippen LogP contribution in [-0.2, 0) is 0 Å². The predicted octanol–water partition coefficient (Wildman–Crippen LogP) is 1.44. The minimum Gasteiger partial charge on any atom is -0.426 e. The molecule has 0 aromatic heterocycles. The summed E-state index contributed by atoms with van der Waals surface area (Å²) in [6.07, 6.45) is -0.490. The van der Waals surface area contributed by atoms with Crippen molar-refractivity contribution < 1.29 is 9.84 Å². The van der Waals surface area contributed by atoms with Gasteiger partial charge in [0.05, 0.1) is 0 Å². The Balaban J connectivity index is 2.78. The fourth-order valence-electron chi connectivity index (χ4n) is 0.879. The SMILES string of the molecule is Cc1ccccc1OC(C)[OH2+]. The molecular formula is C9H13O2+. The van der Waals surface area contributed by atoms with Crippen molar-refractivity contribution in [2.75, 3.05) is 0 Å². The third kappa shape index (κ3) is 2.24. The van der Waals surface area contributed by atoms with Crippen LogP contribution >= 0.6 is 0 Å². The molecule has 60 valence electrons. The zero-order chi connectivity index (χ0) is 8.27. The summed E-state index contributed by atoms with van der Waals surface area (Å²) in [5.74, 6) is 0.801. The summed E-state index contributed by atoms with van der Waals surface area (Å²) in [4.78, 5) is 0. The first kappa shape index (κ1) is 8.08. The summed E-state index contributed by atoms with van der Waals surface area (Å²) < 4.78 is 5.21. The monoisotopic (exact) mass is 153 g/mol. The highest BCUT2D eigenvalue weighted by atomic mass is 16.6. The molecule has 1 aromatic carbocycles. The first-order valence-corrected chi connectivity index (χ1v) is 3.63. The Hall–Kier alpha value is -1.02. The highest BCUT2D eigenvalue weighted by Crippen LogP contribution is 2.16. The summed E-state index contributed by atoms with van der Waals surface area (Å²) >= 11 is 0. The van der Waals surface area contributed by atoms with E-state index in [0.29, 0.717) is 0 Å². The van der Waals surface area contributed by atoms with Gasteiger partial charge in [0, 0.05) is 6.92 Å². The standard InChI is InChI=1S/C9H12O2/c1-7-5-3-4-6-9(7)11-8(2)10/h3-6,8,10H,1-2H3/p+1. The smallest absolute Gasteiger partial charge is 0.300 e. The number of rotatable bonds is 2. The zero-order valence-corrected chi connectivity index (χ0v) is 6.79. The molecular weight excluding hydrogens is 140 g/mol. The van der Waals surface area contributed by atoms with E-state index in [4.69, 9.17) is 9.84 Å². The van der Waals surface area contributed by atoms with Crippen molar-refractivity contribution in [3.8, 4) is 5.75 Å². The Kier molecular flexibility index (Phi) is 2.49. The van der Waals surface area contributed by atoms with Crippen molar-refractivity contribution in [1.82, 2.24) is 0 Å². The second-order valence-electron chi connectivity index (χ2n) is 2.53. The molecule has 2 nitrogen and oxygen atoms in total. The van der Waals surface area contributed by atoms with Gasteiger partial charge < -0.3 is 9.84 Å². The minimum atomic E-state index is -0.490. The van der Waals surface area contributed by atoms with Gasteiger partial charge in [-0.3, -0.25) is 0 Å². The van der Waals surface area contributed by atoms with Crippen LogP contribution in [0.2, 0.25) is 0 Å². The summed E-state index contributed by atoms with van der Waals surface area (Å²) in [5.41, 5.74) is 1.08. The van der Waals surface area contributed by atoms with Crippen LogP contribution in [0.15, 0.2) is 24.3 Å². The van der Waals surface area contributed by atoms with Gasteiger partial charge in [-0.25, -0.2) is 0 Å². The zero-order valence-electron chi connectivity index (χ0n) is 6.79. The lowest BCUT2D eigenvalue weighted by Gasteiger charge is -2.07. The van der Waals surface area contributed by atoms with Crippen molar-refractivity contribution in [1.29, 1.82) is 0 Å². The summed E-state index contributed by atoms with van der Waals surface area (Å²) in [6, 6.07) is 7.71. The van der Waals surface area contributed by atoms with Gasteiger partial charge in [0.2, 0.25) is 0 Å². The van der Waals surface area contributed by atoms with Gasteiger partial charge in [-0.1, -0.05) is 18.2 Å². The lowest BCUT2D eigenvalue weighted by atomic mass is 10.2. The molecule has 1 rings (SSSR count). The topological polar surface area (TPSA) is 32.1 Å². The molecule has 2 heteroatoms. The van der Waals surface area contributed by atoms with E-state index in [2.05, 4.69) is 0 Å². The number of aryl methyl sites for hydroxylation is 1. The molecule has 0 aliphatic heterocycles. The molecule has 11 heavy (non-hydrogen) atoms. The molecule has 0 saturated heterocycles. The summed E-state index contributed by atoms with van der Waals surface area (Å²) in [6.45, 7) is 3.67. The highest BCUT2D eigenvalue weighted by Gasteiger charge is 2.02. The fourth-order valence-corrected chi connectivity index (χ4v) is 0.879. The molecule has 0 spiro atoms. The van der Waals surface area contributed by atoms with Crippen LogP contribution in [0, 0.1) is 6.92 Å². The van der Waals surface area contributed by atoms with Crippen LogP contribution in [0.5, 0.6) is 5.75 Å². The Morgan fingerprint density at radius 1 is 1.36 bits per heavy atom. The van der Waals surface area contributed by atoms with E-state index < -0.39 is 6.29 Å². The van der Waals surface area contributed by atoms with Gasteiger partial charge in [-0.05, 0) is 18.6 Å². The average molecular weight is 153 g/mol. The molecule has 0 radical (unpaired) electrons. The molecule has 1 aromatic rings. The molecule has 0 aliphatic rings. The number of hydrogen-bond acceptors (Lipinski definition) is 1. The van der Waals surface area contributed by atoms with Gasteiger partial charge in [0.15, 0.2) is 0 Å². The lowest BCUT2D eigenvalue weighted by Crippen LogP contribution is -2.10. The Morgan fingerprint density at radius 2 is 2.00 bits per heavy atom. The maximum Gasteiger partial charge on any atom is 0.300 e. The molecule has 1 unspecified atom stereocenters. The molecule has 0 heterocycles. The minimum absolute atomic E-state index is 0.490. The predicted molar refractivity (Wildman–Crippen MR) is 44.9 cm³/mol. The molecule has 0 saturated carbocycles. The normalized spacial score (nSPS) is 12.6. The average Bonchev–Trinajstić information content (AvgIpc) is 1.93. The Bertz CT molecular complexity index is 231. The van der Waals surface area contributed by atoms with Crippen LogP contribution in [0.4, 0.5) is 0 Å². The molecule has 0 fully saturated rings. The van der Waals surface area contributed by atoms with Crippen LogP contribution in [0.25, 0.3) is 0 Å². The molecule has 2 N–H and O–H groups in total. The van der Waals surface area contributed by atoms with Crippen LogP contribution < -0.4 is 4.74 Å². The largest absolute Gasteiger partial charge is 0.426 e. The molecule has 0 amide bonds. The Morgan fingerprint density at radius 3 is 2.55 bits per heavy atom. The van der Waals surface area contributed by atoms with E-state index in [-0.39, 0.29) is 0 Å². The number of para-hydroxylation sites is 1. The molecule has 0 bridgehead atoms. The number of benzene rings is 1. The van der Waals surface area contributed by atoms with Crippen LogP contribution in [0.1, 0.15) is 12.5 Å². The summed E-state index contributed by atoms with van der Waals surface area (Å²) in [7, 11) is 0. The van der Waals surface area contributed by atoms with Gasteiger partial charge >= 0.3 is 6.29 Å². The lowest BCUT2D eigenvalue weighted by molar-refractivity contribution is -0.000799. The number of hydrogen-bond donors (Lipinski definition) is 0. The first-order valence-electron chi connectivity index (χ1n) is 3.63. The van der Waals surface area contributed by atoms with Gasteiger partial charge in [-0.15, -0.1) is 0 Å². The van der Waals surface area contributed by atoms with E-state index in [1.54, 1.807) is 6.92 Å². The van der Waals surface area contributed by atoms with Crippen molar-refractivity contribution in [3.05, 3.63) is 29.8 Å². The van der Waals surface area contributed by atoms with Crippen molar-refractivity contribution in [2.45, 2.75) is 20.1 Å². The second kappa shape index (κ2) is 3.39. The third-order valence-corrected chi connectivity index (χ3v) is 1.40. The van der Waals surface area contributed by atoms with E-state index in [1.807, 2.05) is 31.2 Å². The number of ether oxygens (including phenoxy) is 1. The van der Waals surface area contributed by atoms with Crippen molar-refractivity contribution in [2.24, 2.45) is 0 Å². The van der Waals surface area contributed by atoms with Crippen LogP contribution in [0.3, 0.4) is 0 Å². The Labute approximate surface area is 66.4 Å². The van der Waals surface area contributed by atoms with E-state index in [1.165, 1.54) is 0 Å². The highest BCUT2D eigenvalue weighted by molar-refractivity contribution is 5.31.